The first-order valence-electron chi connectivity index (χ1n) is 11.4. The number of aromatic nitrogens is 2. The van der Waals surface area contributed by atoms with Crippen LogP contribution in [0.3, 0.4) is 0 Å². The van der Waals surface area contributed by atoms with E-state index in [4.69, 9.17) is 9.47 Å². The van der Waals surface area contributed by atoms with Crippen LogP contribution < -0.4 is 14.8 Å². The van der Waals surface area contributed by atoms with E-state index in [0.717, 1.165) is 5.69 Å². The summed E-state index contributed by atoms with van der Waals surface area (Å²) in [5.41, 5.74) is 2.40. The van der Waals surface area contributed by atoms with Gasteiger partial charge < -0.3 is 14.8 Å². The number of para-hydroxylation sites is 1. The molecule has 35 heavy (non-hydrogen) atoms. The predicted octanol–water partition coefficient (Wildman–Crippen LogP) is 3.55. The van der Waals surface area contributed by atoms with E-state index >= 15 is 0 Å². The summed E-state index contributed by atoms with van der Waals surface area (Å²) in [4.78, 5) is 13.1. The number of nitrogens with zero attached hydrogens (tertiary/aromatic N) is 3. The summed E-state index contributed by atoms with van der Waals surface area (Å²) >= 11 is 0. The number of amides is 1. The Kier molecular flexibility index (Phi) is 7.13. The van der Waals surface area contributed by atoms with E-state index in [1.165, 1.54) is 4.31 Å². The lowest BCUT2D eigenvalue weighted by molar-refractivity contribution is -0.120. The molecule has 0 unspecified atom stereocenters. The molecule has 2 aromatic carbocycles. The number of methoxy groups -OCH3 is 2. The Bertz CT molecular complexity index is 1290. The first-order valence-corrected chi connectivity index (χ1v) is 12.8. The zero-order chi connectivity index (χ0) is 25.2. The van der Waals surface area contributed by atoms with Gasteiger partial charge >= 0.3 is 0 Å². The van der Waals surface area contributed by atoms with Crippen molar-refractivity contribution in [2.24, 2.45) is 5.92 Å². The van der Waals surface area contributed by atoms with Crippen molar-refractivity contribution in [3.63, 3.8) is 0 Å². The quantitative estimate of drug-likeness (QED) is 0.535. The topological polar surface area (TPSA) is 103 Å². The number of ether oxygens (including phenoxy) is 2. The fourth-order valence-corrected chi connectivity index (χ4v) is 6.26. The SMILES string of the molecule is COc1cc(NC(=O)C2CCN(S(=O)(=O)c3c(C)nn(-c4ccccc4)c3C)CC2)cc(OC)c1. The van der Waals surface area contributed by atoms with Crippen LogP contribution in [-0.2, 0) is 14.8 Å². The number of piperidine rings is 1. The molecule has 0 aliphatic carbocycles. The lowest BCUT2D eigenvalue weighted by atomic mass is 9.97. The number of benzene rings is 2. The average Bonchev–Trinajstić information content (AvgIpc) is 3.18. The monoisotopic (exact) mass is 498 g/mol. The van der Waals surface area contributed by atoms with Crippen molar-refractivity contribution in [3.05, 3.63) is 59.9 Å². The lowest BCUT2D eigenvalue weighted by Crippen LogP contribution is -2.41. The maximum atomic E-state index is 13.5. The molecule has 1 aromatic heterocycles. The number of carbonyl (C=O) groups is 1. The first-order chi connectivity index (χ1) is 16.7. The first kappa shape index (κ1) is 24.7. The Balaban J connectivity index is 1.46. The van der Waals surface area contributed by atoms with E-state index in [1.54, 1.807) is 50.9 Å². The molecule has 1 aliphatic heterocycles. The second-order valence-electron chi connectivity index (χ2n) is 8.52. The number of rotatable bonds is 7. The molecule has 0 atom stereocenters. The van der Waals surface area contributed by atoms with Crippen LogP contribution in [0.2, 0.25) is 0 Å². The summed E-state index contributed by atoms with van der Waals surface area (Å²) in [5, 5.41) is 7.39. The van der Waals surface area contributed by atoms with Crippen molar-refractivity contribution in [3.8, 4) is 17.2 Å². The summed E-state index contributed by atoms with van der Waals surface area (Å²) in [6, 6.07) is 14.6. The van der Waals surface area contributed by atoms with Crippen LogP contribution in [0.25, 0.3) is 5.69 Å². The third-order valence-electron chi connectivity index (χ3n) is 6.27. The third-order valence-corrected chi connectivity index (χ3v) is 8.42. The minimum absolute atomic E-state index is 0.151. The van der Waals surface area contributed by atoms with Crippen molar-refractivity contribution >= 4 is 21.6 Å². The summed E-state index contributed by atoms with van der Waals surface area (Å²) in [6.07, 6.45) is 0.855. The van der Waals surface area contributed by atoms with E-state index < -0.39 is 10.0 Å². The van der Waals surface area contributed by atoms with Crippen molar-refractivity contribution < 1.29 is 22.7 Å². The maximum absolute atomic E-state index is 13.5. The highest BCUT2D eigenvalue weighted by atomic mass is 32.2. The van der Waals surface area contributed by atoms with E-state index in [-0.39, 0.29) is 29.8 Å². The second kappa shape index (κ2) is 10.1. The third kappa shape index (κ3) is 5.03. The summed E-state index contributed by atoms with van der Waals surface area (Å²) in [5.74, 6) is 0.694. The molecule has 0 saturated carbocycles. The molecule has 1 amide bonds. The van der Waals surface area contributed by atoms with Gasteiger partial charge in [-0.05, 0) is 38.8 Å². The molecule has 186 valence electrons. The summed E-state index contributed by atoms with van der Waals surface area (Å²) < 4.78 is 40.7. The Morgan fingerprint density at radius 1 is 1.00 bits per heavy atom. The Labute approximate surface area is 205 Å². The molecule has 3 aromatic rings. The molecule has 0 spiro atoms. The van der Waals surface area contributed by atoms with Gasteiger partial charge in [0.15, 0.2) is 0 Å². The molecule has 1 saturated heterocycles. The largest absolute Gasteiger partial charge is 0.497 e. The molecule has 10 heteroatoms. The van der Waals surface area contributed by atoms with Gasteiger partial charge in [0.1, 0.15) is 16.4 Å². The fourth-order valence-electron chi connectivity index (χ4n) is 4.43. The van der Waals surface area contributed by atoms with Gasteiger partial charge in [-0.25, -0.2) is 13.1 Å². The smallest absolute Gasteiger partial charge is 0.246 e. The Morgan fingerprint density at radius 2 is 1.60 bits per heavy atom. The predicted molar refractivity (Wildman–Crippen MR) is 133 cm³/mol. The molecule has 2 heterocycles. The average molecular weight is 499 g/mol. The van der Waals surface area contributed by atoms with Crippen LogP contribution in [0.5, 0.6) is 11.5 Å². The summed E-state index contributed by atoms with van der Waals surface area (Å²) in [6.45, 7) is 4.00. The highest BCUT2D eigenvalue weighted by molar-refractivity contribution is 7.89. The molecule has 4 rings (SSSR count). The molecule has 9 nitrogen and oxygen atoms in total. The maximum Gasteiger partial charge on any atom is 0.246 e. The number of carbonyl (C=O) groups excluding carboxylic acids is 1. The van der Waals surface area contributed by atoms with E-state index in [1.807, 2.05) is 30.3 Å². The van der Waals surface area contributed by atoms with Crippen LogP contribution in [-0.4, -0.2) is 55.7 Å². The van der Waals surface area contributed by atoms with E-state index in [2.05, 4.69) is 10.4 Å². The van der Waals surface area contributed by atoms with E-state index in [0.29, 0.717) is 41.4 Å². The molecular weight excluding hydrogens is 468 g/mol. The van der Waals surface area contributed by atoms with Crippen LogP contribution in [0.1, 0.15) is 24.2 Å². The fraction of sp³-hybridized carbons (Fsp3) is 0.360. The zero-order valence-electron chi connectivity index (χ0n) is 20.3. The van der Waals surface area contributed by atoms with Crippen molar-refractivity contribution in [2.45, 2.75) is 31.6 Å². The normalized spacial score (nSPS) is 15.1. The van der Waals surface area contributed by atoms with Gasteiger partial charge in [-0.3, -0.25) is 4.79 Å². The lowest BCUT2D eigenvalue weighted by Gasteiger charge is -2.30. The van der Waals surface area contributed by atoms with Crippen LogP contribution >= 0.6 is 0 Å². The molecule has 0 bridgehead atoms. The van der Waals surface area contributed by atoms with Gasteiger partial charge in [0.25, 0.3) is 0 Å². The number of nitrogens with one attached hydrogen (secondary N) is 1. The number of sulfonamides is 1. The highest BCUT2D eigenvalue weighted by Gasteiger charge is 2.35. The Morgan fingerprint density at radius 3 is 2.17 bits per heavy atom. The standard InChI is InChI=1S/C25H30N4O5S/c1-17-24(18(2)29(27-17)21-8-6-5-7-9-21)35(31,32)28-12-10-19(11-13-28)25(30)26-20-14-22(33-3)16-23(15-20)34-4/h5-9,14-16,19H,10-13H2,1-4H3,(H,26,30). The molecule has 0 radical (unpaired) electrons. The van der Waals surface area contributed by atoms with Gasteiger partial charge in [-0.2, -0.15) is 9.40 Å². The number of hydrogen-bond donors (Lipinski definition) is 1. The zero-order valence-corrected chi connectivity index (χ0v) is 21.1. The van der Waals surface area contributed by atoms with Gasteiger partial charge in [-0.1, -0.05) is 18.2 Å². The summed E-state index contributed by atoms with van der Waals surface area (Å²) in [7, 11) is -0.661. The molecule has 1 N–H and O–H groups in total. The number of aryl methyl sites for hydroxylation is 1. The van der Waals surface area contributed by atoms with Crippen molar-refractivity contribution in [2.75, 3.05) is 32.6 Å². The van der Waals surface area contributed by atoms with Gasteiger partial charge in [-0.15, -0.1) is 0 Å². The number of anilines is 1. The Hall–Kier alpha value is -3.37. The minimum Gasteiger partial charge on any atom is -0.497 e. The number of hydrogen-bond acceptors (Lipinski definition) is 6. The van der Waals surface area contributed by atoms with Gasteiger partial charge in [0.05, 0.1) is 31.3 Å². The molecule has 1 fully saturated rings. The minimum atomic E-state index is -3.75. The van der Waals surface area contributed by atoms with Gasteiger partial charge in [0.2, 0.25) is 15.9 Å². The van der Waals surface area contributed by atoms with Crippen LogP contribution in [0.4, 0.5) is 5.69 Å². The highest BCUT2D eigenvalue weighted by Crippen LogP contribution is 2.30. The molecular formula is C25H30N4O5S. The molecule has 1 aliphatic rings. The van der Waals surface area contributed by atoms with Crippen LogP contribution in [0.15, 0.2) is 53.4 Å². The van der Waals surface area contributed by atoms with Crippen LogP contribution in [0, 0.1) is 19.8 Å². The van der Waals surface area contributed by atoms with Gasteiger partial charge in [0, 0.05) is 42.9 Å². The van der Waals surface area contributed by atoms with Crippen molar-refractivity contribution in [1.82, 2.24) is 14.1 Å². The second-order valence-corrected chi connectivity index (χ2v) is 10.4. The van der Waals surface area contributed by atoms with E-state index in [9.17, 15) is 13.2 Å². The van der Waals surface area contributed by atoms with Crippen molar-refractivity contribution in [1.29, 1.82) is 0 Å².